The highest BCUT2D eigenvalue weighted by atomic mass is 16.3. The fraction of sp³-hybridized carbons (Fsp3) is 1.00. The molecule has 1 aliphatic carbocycles. The van der Waals surface area contributed by atoms with Crippen LogP contribution in [-0.2, 0) is 0 Å². The first-order chi connectivity index (χ1) is 5.84. The lowest BCUT2D eigenvalue weighted by molar-refractivity contribution is 0.151. The first-order valence-electron chi connectivity index (χ1n) is 5.45. The second-order valence-corrected chi connectivity index (χ2v) is 4.75. The summed E-state index contributed by atoms with van der Waals surface area (Å²) in [5, 5.41) is 8.95. The van der Waals surface area contributed by atoms with Crippen LogP contribution in [0.4, 0.5) is 0 Å². The van der Waals surface area contributed by atoms with Crippen LogP contribution in [0.25, 0.3) is 0 Å². The molecule has 0 aromatic carbocycles. The van der Waals surface area contributed by atoms with Crippen molar-refractivity contribution < 1.29 is 6.48 Å². The normalized spacial score (nSPS) is 47.6. The number of aliphatic hydroxyl groups excluding tert-OH is 1. The Kier molecular flexibility index (Phi) is 2.40. The van der Waals surface area contributed by atoms with Crippen molar-refractivity contribution in [3.8, 4) is 0 Å². The minimum absolute atomic E-state index is 0.0369. The van der Waals surface area contributed by atoms with Crippen molar-refractivity contribution in [3.63, 3.8) is 0 Å². The van der Waals surface area contributed by atoms with Crippen molar-refractivity contribution in [3.05, 3.63) is 0 Å². The molecule has 72 valence electrons. The Labute approximate surface area is 77.6 Å². The Morgan fingerprint density at radius 2 is 2.08 bits per heavy atom. The molecule has 1 heteroatoms. The molecule has 1 nitrogen and oxygen atoms in total. The summed E-state index contributed by atoms with van der Waals surface area (Å²) >= 11 is 0. The van der Waals surface area contributed by atoms with E-state index in [1.807, 2.05) is 6.92 Å². The van der Waals surface area contributed by atoms with Gasteiger partial charge in [0, 0.05) is 7.98 Å². The largest absolute Gasteiger partial charge is 0.396 e. The maximum absolute atomic E-state index is 8.95. The van der Waals surface area contributed by atoms with Crippen LogP contribution < -0.4 is 0 Å². The second-order valence-electron chi connectivity index (χ2n) is 4.75. The highest BCUT2D eigenvalue weighted by molar-refractivity contribution is 4.93. The quantitative estimate of drug-likeness (QED) is 0.677. The highest BCUT2D eigenvalue weighted by Gasteiger charge is 2.43. The number of hydrogen-bond donors (Lipinski definition) is 1. The molecule has 0 saturated heterocycles. The van der Waals surface area contributed by atoms with E-state index in [-0.39, 0.29) is 17.9 Å². The molecule has 0 spiro atoms. The zero-order valence-electron chi connectivity index (χ0n) is 9.72. The minimum Gasteiger partial charge on any atom is -0.396 e. The third-order valence-corrected chi connectivity index (χ3v) is 3.89. The van der Waals surface area contributed by atoms with E-state index in [1.54, 1.807) is 0 Å². The predicted octanol–water partition coefficient (Wildman–Crippen LogP) is 2.69. The summed E-state index contributed by atoms with van der Waals surface area (Å²) in [5.74, 6) is 0.612. The van der Waals surface area contributed by atoms with Gasteiger partial charge in [0.25, 0.3) is 0 Å². The van der Waals surface area contributed by atoms with E-state index in [0.717, 1.165) is 12.8 Å². The lowest BCUT2D eigenvalue weighted by Gasteiger charge is -2.31. The van der Waals surface area contributed by atoms with Crippen molar-refractivity contribution in [2.75, 3.05) is 6.61 Å². The van der Waals surface area contributed by atoms with E-state index in [4.69, 9.17) is 6.48 Å². The standard InChI is InChI=1S/C11H22O/c1-8-7-10(5-6-12)11(3,4)9(8)2/h8-10,12H,5-7H2,1-4H3/t8-,9-,10+/m1/s1/i9D. The van der Waals surface area contributed by atoms with Gasteiger partial charge in [-0.2, -0.15) is 0 Å². The van der Waals surface area contributed by atoms with Crippen LogP contribution in [0.1, 0.15) is 41.9 Å². The molecular weight excluding hydrogens is 148 g/mol. The maximum Gasteiger partial charge on any atom is 0.0433 e. The van der Waals surface area contributed by atoms with Gasteiger partial charge in [0.15, 0.2) is 0 Å². The zero-order valence-corrected chi connectivity index (χ0v) is 8.72. The SMILES string of the molecule is [2H][C@@]1(C)[C@H](C)C[C@H](CCO)C1(C)C. The first-order valence-corrected chi connectivity index (χ1v) is 4.95. The Bertz CT molecular complexity index is 187. The molecule has 1 fully saturated rings. The van der Waals surface area contributed by atoms with Crippen molar-refractivity contribution in [1.29, 1.82) is 0 Å². The van der Waals surface area contributed by atoms with Crippen LogP contribution in [0.3, 0.4) is 0 Å². The maximum atomic E-state index is 8.95. The molecule has 0 aromatic rings. The topological polar surface area (TPSA) is 20.2 Å². The van der Waals surface area contributed by atoms with E-state index in [0.29, 0.717) is 11.8 Å². The van der Waals surface area contributed by atoms with Gasteiger partial charge in [-0.1, -0.05) is 27.7 Å². The Morgan fingerprint density at radius 1 is 1.50 bits per heavy atom. The van der Waals surface area contributed by atoms with E-state index < -0.39 is 0 Å². The summed E-state index contributed by atoms with van der Waals surface area (Å²) in [6, 6.07) is 0. The van der Waals surface area contributed by atoms with Crippen molar-refractivity contribution in [2.45, 2.75) is 40.5 Å². The molecular formula is C11H22O. The van der Waals surface area contributed by atoms with Gasteiger partial charge in [-0.25, -0.2) is 0 Å². The number of aliphatic hydroxyl groups is 1. The van der Waals surface area contributed by atoms with E-state index >= 15 is 0 Å². The molecule has 0 bridgehead atoms. The van der Waals surface area contributed by atoms with Crippen LogP contribution in [0.2, 0.25) is 0 Å². The van der Waals surface area contributed by atoms with E-state index in [2.05, 4.69) is 20.8 Å². The van der Waals surface area contributed by atoms with Gasteiger partial charge in [0.1, 0.15) is 0 Å². The molecule has 1 rings (SSSR count). The molecule has 0 unspecified atom stereocenters. The average molecular weight is 171 g/mol. The molecule has 1 N–H and O–H groups in total. The molecule has 0 aliphatic heterocycles. The van der Waals surface area contributed by atoms with Crippen LogP contribution in [-0.4, -0.2) is 11.7 Å². The summed E-state index contributed by atoms with van der Waals surface area (Å²) in [5.41, 5.74) is 0.0369. The summed E-state index contributed by atoms with van der Waals surface area (Å²) in [6.45, 7) is 8.80. The smallest absolute Gasteiger partial charge is 0.0433 e. The van der Waals surface area contributed by atoms with Gasteiger partial charge in [-0.3, -0.25) is 0 Å². The Hall–Kier alpha value is -0.0400. The molecule has 0 amide bonds. The van der Waals surface area contributed by atoms with E-state index in [1.165, 1.54) is 0 Å². The molecule has 0 radical (unpaired) electrons. The van der Waals surface area contributed by atoms with Crippen molar-refractivity contribution in [1.82, 2.24) is 0 Å². The number of hydrogen-bond acceptors (Lipinski definition) is 1. The lowest BCUT2D eigenvalue weighted by Crippen LogP contribution is -2.24. The van der Waals surface area contributed by atoms with Crippen molar-refractivity contribution >= 4 is 0 Å². The van der Waals surface area contributed by atoms with Gasteiger partial charge >= 0.3 is 0 Å². The fourth-order valence-corrected chi connectivity index (χ4v) is 2.49. The van der Waals surface area contributed by atoms with Crippen LogP contribution >= 0.6 is 0 Å². The van der Waals surface area contributed by atoms with E-state index in [9.17, 15) is 0 Å². The highest BCUT2D eigenvalue weighted by Crippen LogP contribution is 2.51. The summed E-state index contributed by atoms with van der Waals surface area (Å²) in [4.78, 5) is 0. The van der Waals surface area contributed by atoms with Crippen LogP contribution in [0.5, 0.6) is 0 Å². The lowest BCUT2D eigenvalue weighted by atomic mass is 9.74. The minimum atomic E-state index is -0.340. The first kappa shape index (κ1) is 8.55. The predicted molar refractivity (Wildman–Crippen MR) is 51.9 cm³/mol. The Morgan fingerprint density at radius 3 is 2.42 bits per heavy atom. The summed E-state index contributed by atoms with van der Waals surface area (Å²) in [7, 11) is 0. The van der Waals surface area contributed by atoms with Gasteiger partial charge < -0.3 is 5.11 Å². The molecule has 0 heterocycles. The van der Waals surface area contributed by atoms with Crippen LogP contribution in [0, 0.1) is 23.1 Å². The van der Waals surface area contributed by atoms with Crippen molar-refractivity contribution in [2.24, 2.45) is 23.1 Å². The van der Waals surface area contributed by atoms with Gasteiger partial charge in [0.05, 0.1) is 0 Å². The summed E-state index contributed by atoms with van der Waals surface area (Å²) in [6.07, 6.45) is 1.94. The second kappa shape index (κ2) is 3.37. The third-order valence-electron chi connectivity index (χ3n) is 3.89. The molecule has 0 aromatic heterocycles. The Balaban J connectivity index is 2.84. The van der Waals surface area contributed by atoms with Gasteiger partial charge in [-0.05, 0) is 36.0 Å². The molecule has 1 aliphatic rings. The molecule has 12 heavy (non-hydrogen) atoms. The van der Waals surface area contributed by atoms with Gasteiger partial charge in [-0.15, -0.1) is 0 Å². The fourth-order valence-electron chi connectivity index (χ4n) is 2.49. The average Bonchev–Trinajstić information content (AvgIpc) is 2.14. The number of rotatable bonds is 2. The third kappa shape index (κ3) is 1.52. The molecule has 1 saturated carbocycles. The van der Waals surface area contributed by atoms with Crippen LogP contribution in [0.15, 0.2) is 0 Å². The zero-order chi connectivity index (χ0) is 10.3. The molecule has 3 atom stereocenters. The monoisotopic (exact) mass is 171 g/mol. The summed E-state index contributed by atoms with van der Waals surface area (Å²) < 4.78 is 8.32. The van der Waals surface area contributed by atoms with Gasteiger partial charge in [0.2, 0.25) is 0 Å².